The predicted octanol–water partition coefficient (Wildman–Crippen LogP) is 3.99. The van der Waals surface area contributed by atoms with E-state index in [0.29, 0.717) is 5.56 Å². The third-order valence-electron chi connectivity index (χ3n) is 7.72. The van der Waals surface area contributed by atoms with E-state index in [2.05, 4.69) is 10.3 Å². The number of amides is 1. The summed E-state index contributed by atoms with van der Waals surface area (Å²) in [7, 11) is 0. The zero-order valence-electron chi connectivity index (χ0n) is 26.3. The lowest BCUT2D eigenvalue weighted by atomic mass is 10.0. The van der Waals surface area contributed by atoms with E-state index in [-0.39, 0.29) is 22.5 Å². The van der Waals surface area contributed by atoms with Gasteiger partial charge < -0.3 is 24.3 Å². The highest BCUT2D eigenvalue weighted by Crippen LogP contribution is 2.39. The zero-order chi connectivity index (χ0) is 35.1. The minimum Gasteiger partial charge on any atom is -0.457 e. The number of carbonyl (C=O) groups excluding carboxylic acids is 4. The monoisotopic (exact) mass is 674 g/mol. The maximum absolute atomic E-state index is 13.5. The van der Waals surface area contributed by atoms with Gasteiger partial charge in [-0.15, -0.1) is 0 Å². The number of hydrogen-bond donors (Lipinski definition) is 2. The first-order valence-corrected chi connectivity index (χ1v) is 15.4. The molecule has 5 aromatic rings. The molecule has 0 saturated carbocycles. The molecular formula is C37H30N4O9. The van der Waals surface area contributed by atoms with Crippen molar-refractivity contribution in [1.29, 1.82) is 0 Å². The molecule has 1 aliphatic rings. The van der Waals surface area contributed by atoms with E-state index < -0.39 is 60.3 Å². The summed E-state index contributed by atoms with van der Waals surface area (Å²) in [5, 5.41) is 2.56. The van der Waals surface area contributed by atoms with E-state index in [4.69, 9.17) is 24.7 Å². The lowest BCUT2D eigenvalue weighted by Gasteiger charge is -2.30. The first-order valence-electron chi connectivity index (χ1n) is 15.4. The lowest BCUT2D eigenvalue weighted by molar-refractivity contribution is -0.129. The van der Waals surface area contributed by atoms with E-state index in [1.807, 2.05) is 0 Å². The molecule has 0 spiro atoms. The highest BCUT2D eigenvalue weighted by Gasteiger charge is 2.59. The Labute approximate surface area is 285 Å². The van der Waals surface area contributed by atoms with Crippen LogP contribution >= 0.6 is 0 Å². The molecule has 1 fully saturated rings. The molecule has 1 amide bonds. The quantitative estimate of drug-likeness (QED) is 0.162. The Morgan fingerprint density at radius 2 is 1.18 bits per heavy atom. The molecule has 0 bridgehead atoms. The van der Waals surface area contributed by atoms with Gasteiger partial charge in [-0.2, -0.15) is 4.98 Å². The molecule has 6 rings (SSSR count). The van der Waals surface area contributed by atoms with Crippen molar-refractivity contribution in [2.24, 2.45) is 5.73 Å². The van der Waals surface area contributed by atoms with Gasteiger partial charge in [-0.25, -0.2) is 19.2 Å². The zero-order valence-corrected chi connectivity index (χ0v) is 26.3. The van der Waals surface area contributed by atoms with Crippen molar-refractivity contribution < 1.29 is 38.1 Å². The number of nitrogens with one attached hydrogen (secondary N) is 1. The summed E-state index contributed by atoms with van der Waals surface area (Å²) < 4.78 is 24.4. The van der Waals surface area contributed by atoms with Crippen molar-refractivity contribution in [3.8, 4) is 0 Å². The van der Waals surface area contributed by atoms with E-state index in [1.54, 1.807) is 84.9 Å². The number of hydrogen-bond acceptors (Lipinski definition) is 11. The fraction of sp³-hybridized carbons (Fsp3) is 0.135. The smallest absolute Gasteiger partial charge is 0.351 e. The molecule has 252 valence electrons. The number of ether oxygens (including phenoxy) is 4. The SMILES string of the molecule is N[C@]1(COC(=O)c2ccccc2)O[C@@H](n2ccc(NC(=O)c3ccccc3)nc2=O)[C@@H](OC(=O)c2ccccc2)[C@@H]1OC(=O)c1ccccc1. The summed E-state index contributed by atoms with van der Waals surface area (Å²) in [6.45, 7) is -0.684. The van der Waals surface area contributed by atoms with Crippen molar-refractivity contribution in [3.63, 3.8) is 0 Å². The third-order valence-corrected chi connectivity index (χ3v) is 7.72. The summed E-state index contributed by atoms with van der Waals surface area (Å²) in [6, 6.07) is 33.7. The van der Waals surface area contributed by atoms with Crippen LogP contribution in [0.1, 0.15) is 47.7 Å². The molecule has 4 aromatic carbocycles. The first kappa shape index (κ1) is 33.5. The van der Waals surface area contributed by atoms with Gasteiger partial charge in [0.25, 0.3) is 5.91 Å². The van der Waals surface area contributed by atoms with Gasteiger partial charge in [0, 0.05) is 11.8 Å². The topological polar surface area (TPSA) is 178 Å². The molecule has 1 aromatic heterocycles. The second-order valence-electron chi connectivity index (χ2n) is 11.2. The number of carbonyl (C=O) groups is 4. The van der Waals surface area contributed by atoms with Crippen molar-refractivity contribution in [2.75, 3.05) is 11.9 Å². The molecule has 0 unspecified atom stereocenters. The number of rotatable bonds is 10. The number of nitrogens with zero attached hydrogens (tertiary/aromatic N) is 2. The second kappa shape index (κ2) is 14.8. The Morgan fingerprint density at radius 1 is 0.700 bits per heavy atom. The summed E-state index contributed by atoms with van der Waals surface area (Å²) in [4.78, 5) is 70.0. The molecule has 4 atom stereocenters. The van der Waals surface area contributed by atoms with Gasteiger partial charge in [-0.05, 0) is 54.6 Å². The Balaban J connectivity index is 1.36. The number of anilines is 1. The van der Waals surface area contributed by atoms with Crippen LogP contribution in [0.3, 0.4) is 0 Å². The van der Waals surface area contributed by atoms with Crippen LogP contribution in [-0.4, -0.2) is 57.9 Å². The van der Waals surface area contributed by atoms with Crippen LogP contribution in [0.25, 0.3) is 0 Å². The lowest BCUT2D eigenvalue weighted by Crippen LogP contribution is -2.57. The van der Waals surface area contributed by atoms with Crippen molar-refractivity contribution in [3.05, 3.63) is 166 Å². The van der Waals surface area contributed by atoms with Crippen molar-refractivity contribution in [2.45, 2.75) is 24.2 Å². The molecule has 3 N–H and O–H groups in total. The molecule has 0 aliphatic carbocycles. The van der Waals surface area contributed by atoms with Crippen molar-refractivity contribution >= 4 is 29.6 Å². The van der Waals surface area contributed by atoms with Gasteiger partial charge in [-0.3, -0.25) is 15.1 Å². The maximum Gasteiger partial charge on any atom is 0.351 e. The minimum absolute atomic E-state index is 0.0706. The van der Waals surface area contributed by atoms with Crippen molar-refractivity contribution in [1.82, 2.24) is 9.55 Å². The summed E-state index contributed by atoms with van der Waals surface area (Å²) in [5.74, 6) is -3.03. The number of esters is 3. The largest absolute Gasteiger partial charge is 0.457 e. The minimum atomic E-state index is -2.15. The number of nitrogens with two attached hydrogens (primary N) is 1. The molecule has 50 heavy (non-hydrogen) atoms. The van der Waals surface area contributed by atoms with Gasteiger partial charge in [0.1, 0.15) is 12.4 Å². The maximum atomic E-state index is 13.5. The number of benzene rings is 4. The van der Waals surface area contributed by atoms with Gasteiger partial charge in [-0.1, -0.05) is 72.8 Å². The van der Waals surface area contributed by atoms with Crippen LogP contribution in [0.2, 0.25) is 0 Å². The fourth-order valence-electron chi connectivity index (χ4n) is 5.22. The Morgan fingerprint density at radius 3 is 1.70 bits per heavy atom. The standard InChI is InChI=1S/C37H30N4O9/c38-37(23-47-33(43)25-15-7-2-8-16-25)30(49-35(45)27-19-11-4-12-20-27)29(48-34(44)26-17-9-3-10-18-26)32(50-37)41-22-21-28(40-36(41)46)39-31(42)24-13-5-1-6-14-24/h1-22,29-30,32H,23,38H2,(H,39,40,42,46)/t29-,30-,32+,37+/m0/s1. The van der Waals surface area contributed by atoms with Gasteiger partial charge in [0.15, 0.2) is 24.2 Å². The van der Waals surface area contributed by atoms with Crippen LogP contribution < -0.4 is 16.7 Å². The van der Waals surface area contributed by atoms with E-state index >= 15 is 0 Å². The normalized spacial score (nSPS) is 19.6. The third kappa shape index (κ3) is 7.49. The molecule has 2 heterocycles. The molecule has 1 aliphatic heterocycles. The van der Waals surface area contributed by atoms with Gasteiger partial charge >= 0.3 is 23.6 Å². The summed E-state index contributed by atoms with van der Waals surface area (Å²) in [6.07, 6.45) is -3.49. The van der Waals surface area contributed by atoms with E-state index in [0.717, 1.165) is 4.57 Å². The van der Waals surface area contributed by atoms with Crippen LogP contribution in [0.15, 0.2) is 138 Å². The molecule has 0 radical (unpaired) electrons. The fourth-order valence-corrected chi connectivity index (χ4v) is 5.22. The average molecular weight is 675 g/mol. The summed E-state index contributed by atoms with van der Waals surface area (Å²) >= 11 is 0. The van der Waals surface area contributed by atoms with E-state index in [9.17, 15) is 24.0 Å². The second-order valence-corrected chi connectivity index (χ2v) is 11.2. The highest BCUT2D eigenvalue weighted by atomic mass is 16.7. The first-order chi connectivity index (χ1) is 24.2. The Hall–Kier alpha value is -6.44. The number of aromatic nitrogens is 2. The average Bonchev–Trinajstić information content (AvgIpc) is 3.41. The van der Waals surface area contributed by atoms with Gasteiger partial charge in [0.2, 0.25) is 0 Å². The predicted molar refractivity (Wildman–Crippen MR) is 178 cm³/mol. The van der Waals surface area contributed by atoms with Crippen LogP contribution in [0.4, 0.5) is 5.82 Å². The molecular weight excluding hydrogens is 644 g/mol. The Kier molecular flexibility index (Phi) is 9.88. The highest BCUT2D eigenvalue weighted by molar-refractivity contribution is 6.03. The summed E-state index contributed by atoms with van der Waals surface area (Å²) in [5.41, 5.74) is 4.50. The molecule has 13 nitrogen and oxygen atoms in total. The van der Waals surface area contributed by atoms with Crippen LogP contribution in [-0.2, 0) is 18.9 Å². The molecule has 13 heteroatoms. The van der Waals surface area contributed by atoms with E-state index in [1.165, 1.54) is 48.7 Å². The van der Waals surface area contributed by atoms with Gasteiger partial charge in [0.05, 0.1) is 16.7 Å². The molecule has 1 saturated heterocycles. The van der Waals surface area contributed by atoms with Crippen LogP contribution in [0.5, 0.6) is 0 Å². The van der Waals surface area contributed by atoms with Crippen LogP contribution in [0, 0.1) is 0 Å². The Bertz CT molecular complexity index is 2040.